The fraction of sp³-hybridized carbons (Fsp3) is 0.867. The third-order valence-corrected chi connectivity index (χ3v) is 4.60. The van der Waals surface area contributed by atoms with E-state index in [2.05, 4.69) is 0 Å². The Balaban J connectivity index is 2.60. The standard InChI is InChI=1S/C15H28N2O3/c1-4-15(5-2,11-16)14(19)17-9-7-12(8-10-17)13(18)20-6-3/h12H,4-11,16H2,1-3H3. The van der Waals surface area contributed by atoms with Crippen LogP contribution in [-0.2, 0) is 14.3 Å². The lowest BCUT2D eigenvalue weighted by atomic mass is 9.80. The number of ether oxygens (including phenoxy) is 1. The molecule has 1 aliphatic heterocycles. The summed E-state index contributed by atoms with van der Waals surface area (Å²) >= 11 is 0. The molecule has 0 atom stereocenters. The second-order valence-corrected chi connectivity index (χ2v) is 5.51. The van der Waals surface area contributed by atoms with Gasteiger partial charge in [0.1, 0.15) is 0 Å². The van der Waals surface area contributed by atoms with Gasteiger partial charge in [0, 0.05) is 19.6 Å². The zero-order chi connectivity index (χ0) is 15.2. The third-order valence-electron chi connectivity index (χ3n) is 4.60. The molecule has 0 bridgehead atoms. The predicted molar refractivity (Wildman–Crippen MR) is 78.0 cm³/mol. The lowest BCUT2D eigenvalue weighted by Gasteiger charge is -2.38. The van der Waals surface area contributed by atoms with Gasteiger partial charge in [0.2, 0.25) is 5.91 Å². The van der Waals surface area contributed by atoms with Crippen LogP contribution in [0.15, 0.2) is 0 Å². The van der Waals surface area contributed by atoms with E-state index in [1.807, 2.05) is 25.7 Å². The van der Waals surface area contributed by atoms with Crippen molar-refractivity contribution in [2.45, 2.75) is 46.5 Å². The molecular weight excluding hydrogens is 256 g/mol. The van der Waals surface area contributed by atoms with Crippen LogP contribution in [0.25, 0.3) is 0 Å². The maximum Gasteiger partial charge on any atom is 0.309 e. The van der Waals surface area contributed by atoms with Crippen LogP contribution in [0, 0.1) is 11.3 Å². The van der Waals surface area contributed by atoms with Crippen molar-refractivity contribution in [3.05, 3.63) is 0 Å². The van der Waals surface area contributed by atoms with Crippen molar-refractivity contribution in [1.82, 2.24) is 4.90 Å². The maximum atomic E-state index is 12.6. The van der Waals surface area contributed by atoms with E-state index in [1.165, 1.54) is 0 Å². The number of piperidine rings is 1. The topological polar surface area (TPSA) is 72.6 Å². The summed E-state index contributed by atoms with van der Waals surface area (Å²) in [5, 5.41) is 0. The van der Waals surface area contributed by atoms with Crippen LogP contribution < -0.4 is 5.73 Å². The molecule has 0 saturated carbocycles. The van der Waals surface area contributed by atoms with Gasteiger partial charge in [-0.15, -0.1) is 0 Å². The summed E-state index contributed by atoms with van der Waals surface area (Å²) in [5.41, 5.74) is 5.40. The van der Waals surface area contributed by atoms with Crippen molar-refractivity contribution in [3.8, 4) is 0 Å². The highest BCUT2D eigenvalue weighted by atomic mass is 16.5. The van der Waals surface area contributed by atoms with Crippen molar-refractivity contribution < 1.29 is 14.3 Å². The van der Waals surface area contributed by atoms with Crippen LogP contribution in [0.3, 0.4) is 0 Å². The third kappa shape index (κ3) is 3.51. The minimum absolute atomic E-state index is 0.0606. The number of nitrogens with two attached hydrogens (primary N) is 1. The van der Waals surface area contributed by atoms with Crippen LogP contribution in [-0.4, -0.2) is 43.0 Å². The number of amides is 1. The molecule has 5 nitrogen and oxygen atoms in total. The highest BCUT2D eigenvalue weighted by Crippen LogP contribution is 2.30. The quantitative estimate of drug-likeness (QED) is 0.751. The van der Waals surface area contributed by atoms with E-state index in [9.17, 15) is 9.59 Å². The summed E-state index contributed by atoms with van der Waals surface area (Å²) < 4.78 is 5.05. The average molecular weight is 284 g/mol. The molecule has 1 fully saturated rings. The predicted octanol–water partition coefficient (Wildman–Crippen LogP) is 1.55. The highest BCUT2D eigenvalue weighted by Gasteiger charge is 2.38. The molecule has 0 unspecified atom stereocenters. The van der Waals surface area contributed by atoms with E-state index in [0.717, 1.165) is 12.8 Å². The number of hydrogen-bond donors (Lipinski definition) is 1. The van der Waals surface area contributed by atoms with E-state index in [4.69, 9.17) is 10.5 Å². The summed E-state index contributed by atoms with van der Waals surface area (Å²) in [4.78, 5) is 26.2. The first kappa shape index (κ1) is 17.0. The molecule has 0 radical (unpaired) electrons. The molecule has 2 N–H and O–H groups in total. The smallest absolute Gasteiger partial charge is 0.309 e. The molecule has 1 saturated heterocycles. The van der Waals surface area contributed by atoms with Gasteiger partial charge < -0.3 is 15.4 Å². The number of esters is 1. The SMILES string of the molecule is CCOC(=O)C1CCN(C(=O)C(CC)(CC)CN)CC1. The number of likely N-dealkylation sites (tertiary alicyclic amines) is 1. The van der Waals surface area contributed by atoms with Gasteiger partial charge in [-0.25, -0.2) is 0 Å². The molecule has 20 heavy (non-hydrogen) atoms. The molecule has 1 heterocycles. The second kappa shape index (κ2) is 7.62. The number of hydrogen-bond acceptors (Lipinski definition) is 4. The molecule has 116 valence electrons. The van der Waals surface area contributed by atoms with E-state index in [-0.39, 0.29) is 17.8 Å². The van der Waals surface area contributed by atoms with Gasteiger partial charge in [0.15, 0.2) is 0 Å². The fourth-order valence-electron chi connectivity index (χ4n) is 2.84. The van der Waals surface area contributed by atoms with Gasteiger partial charge in [-0.05, 0) is 32.6 Å². The first-order valence-electron chi connectivity index (χ1n) is 7.70. The zero-order valence-electron chi connectivity index (χ0n) is 13.0. The summed E-state index contributed by atoms with van der Waals surface area (Å²) in [7, 11) is 0. The summed E-state index contributed by atoms with van der Waals surface area (Å²) in [6.45, 7) is 7.90. The van der Waals surface area contributed by atoms with Gasteiger partial charge in [0.25, 0.3) is 0 Å². The summed E-state index contributed by atoms with van der Waals surface area (Å²) in [6.07, 6.45) is 2.91. The van der Waals surface area contributed by atoms with E-state index in [1.54, 1.807) is 0 Å². The maximum absolute atomic E-state index is 12.6. The molecule has 0 aromatic rings. The van der Waals surface area contributed by atoms with Crippen molar-refractivity contribution in [2.24, 2.45) is 17.1 Å². The molecule has 0 aliphatic carbocycles. The van der Waals surface area contributed by atoms with Gasteiger partial charge in [0.05, 0.1) is 17.9 Å². The Bertz CT molecular complexity index is 324. The Morgan fingerprint density at radius 2 is 1.75 bits per heavy atom. The van der Waals surface area contributed by atoms with E-state index in [0.29, 0.717) is 39.1 Å². The van der Waals surface area contributed by atoms with Crippen molar-refractivity contribution in [1.29, 1.82) is 0 Å². The molecule has 1 amide bonds. The fourth-order valence-corrected chi connectivity index (χ4v) is 2.84. The largest absolute Gasteiger partial charge is 0.466 e. The first-order valence-corrected chi connectivity index (χ1v) is 7.70. The molecule has 1 aliphatic rings. The Hall–Kier alpha value is -1.10. The summed E-state index contributed by atoms with van der Waals surface area (Å²) in [6, 6.07) is 0. The summed E-state index contributed by atoms with van der Waals surface area (Å²) in [5.74, 6) is -0.0440. The second-order valence-electron chi connectivity index (χ2n) is 5.51. The number of rotatable bonds is 6. The van der Waals surface area contributed by atoms with Crippen molar-refractivity contribution in [3.63, 3.8) is 0 Å². The molecule has 0 aromatic carbocycles. The molecule has 5 heteroatoms. The van der Waals surface area contributed by atoms with Gasteiger partial charge in [-0.2, -0.15) is 0 Å². The normalized spacial score (nSPS) is 17.1. The Labute approximate surface area is 121 Å². The lowest BCUT2D eigenvalue weighted by Crippen LogP contribution is -2.50. The molecule has 1 rings (SSSR count). The van der Waals surface area contributed by atoms with Gasteiger partial charge in [-0.1, -0.05) is 13.8 Å². The average Bonchev–Trinajstić information content (AvgIpc) is 2.50. The van der Waals surface area contributed by atoms with Gasteiger partial charge >= 0.3 is 5.97 Å². The molecular formula is C15H28N2O3. The van der Waals surface area contributed by atoms with E-state index >= 15 is 0 Å². The number of carbonyl (C=O) groups is 2. The minimum Gasteiger partial charge on any atom is -0.466 e. The number of nitrogens with zero attached hydrogens (tertiary/aromatic N) is 1. The van der Waals surface area contributed by atoms with E-state index < -0.39 is 5.41 Å². The van der Waals surface area contributed by atoms with Gasteiger partial charge in [-0.3, -0.25) is 9.59 Å². The molecule has 0 spiro atoms. The highest BCUT2D eigenvalue weighted by molar-refractivity contribution is 5.83. The molecule has 0 aromatic heterocycles. The Morgan fingerprint density at radius 1 is 1.20 bits per heavy atom. The monoisotopic (exact) mass is 284 g/mol. The van der Waals surface area contributed by atoms with Crippen molar-refractivity contribution >= 4 is 11.9 Å². The lowest BCUT2D eigenvalue weighted by molar-refractivity contribution is -0.153. The van der Waals surface area contributed by atoms with Crippen LogP contribution in [0.1, 0.15) is 46.5 Å². The van der Waals surface area contributed by atoms with Crippen LogP contribution in [0.2, 0.25) is 0 Å². The Morgan fingerprint density at radius 3 is 2.15 bits per heavy atom. The first-order chi connectivity index (χ1) is 9.54. The number of carbonyl (C=O) groups excluding carboxylic acids is 2. The Kier molecular flexibility index (Phi) is 6.46. The van der Waals surface area contributed by atoms with Crippen LogP contribution in [0.5, 0.6) is 0 Å². The zero-order valence-corrected chi connectivity index (χ0v) is 13.0. The van der Waals surface area contributed by atoms with Crippen LogP contribution >= 0.6 is 0 Å². The minimum atomic E-state index is -0.434. The van der Waals surface area contributed by atoms with Crippen LogP contribution in [0.4, 0.5) is 0 Å². The van der Waals surface area contributed by atoms with Crippen molar-refractivity contribution in [2.75, 3.05) is 26.2 Å².